The molecular weight excluding hydrogens is 885 g/mol. The zero-order chi connectivity index (χ0) is 48.9. The van der Waals surface area contributed by atoms with Crippen LogP contribution in [0.2, 0.25) is 51.4 Å². The second-order valence-corrected chi connectivity index (χ2v) is 29.2. The Labute approximate surface area is 381 Å². The van der Waals surface area contributed by atoms with Gasteiger partial charge in [-0.15, -0.1) is 6.58 Å². The van der Waals surface area contributed by atoms with Gasteiger partial charge in [-0.1, -0.05) is 51.8 Å². The molecule has 0 saturated carbocycles. The summed E-state index contributed by atoms with van der Waals surface area (Å²) in [6.07, 6.45) is 8.92. The van der Waals surface area contributed by atoms with Gasteiger partial charge in [0, 0.05) is 43.2 Å². The highest BCUT2D eigenvalue weighted by atomic mass is 28.5. The van der Waals surface area contributed by atoms with Crippen LogP contribution in [0.1, 0.15) is 38.5 Å². The van der Waals surface area contributed by atoms with Crippen LogP contribution in [-0.4, -0.2) is 126 Å². The highest BCUT2D eigenvalue weighted by Gasteiger charge is 2.41. The number of hydrogen-bond donors (Lipinski definition) is 0. The molecule has 0 bridgehead atoms. The van der Waals surface area contributed by atoms with Crippen LogP contribution in [0.4, 0.5) is 0 Å². The molecule has 0 fully saturated rings. The zero-order valence-corrected chi connectivity index (χ0v) is 41.7. The van der Waals surface area contributed by atoms with Crippen LogP contribution in [-0.2, 0) is 79.7 Å². The van der Waals surface area contributed by atoms with Crippen molar-refractivity contribution < 1.29 is 79.7 Å². The summed E-state index contributed by atoms with van der Waals surface area (Å²) >= 11 is 0. The molecule has 0 aliphatic rings. The lowest BCUT2D eigenvalue weighted by atomic mass is 9.92. The van der Waals surface area contributed by atoms with Crippen molar-refractivity contribution in [2.45, 2.75) is 89.9 Å². The van der Waals surface area contributed by atoms with E-state index in [-0.39, 0.29) is 45.9 Å². The van der Waals surface area contributed by atoms with Crippen molar-refractivity contribution in [3.63, 3.8) is 0 Å². The number of ether oxygens (including phenoxy) is 8. The van der Waals surface area contributed by atoms with Crippen molar-refractivity contribution in [3.8, 4) is 0 Å². The van der Waals surface area contributed by atoms with E-state index in [9.17, 15) is 33.6 Å². The third-order valence-electron chi connectivity index (χ3n) is 9.02. The van der Waals surface area contributed by atoms with Gasteiger partial charge in [-0.25, -0.2) is 24.0 Å². The third kappa shape index (κ3) is 27.4. The van der Waals surface area contributed by atoms with Gasteiger partial charge in [-0.3, -0.25) is 9.59 Å². The number of unbranched alkanes of at least 4 members (excludes halogenated alkanes) is 2. The Balaban J connectivity index is 5.22. The molecule has 0 rings (SSSR count). The van der Waals surface area contributed by atoms with E-state index < -0.39 is 104 Å². The summed E-state index contributed by atoms with van der Waals surface area (Å²) in [7, 11) is -7.10. The van der Waals surface area contributed by atoms with Crippen molar-refractivity contribution in [1.82, 2.24) is 0 Å². The molecular formula is C44H70O17Si3. The molecule has 0 spiro atoms. The Morgan fingerprint density at radius 2 is 0.703 bits per heavy atom. The zero-order valence-electron chi connectivity index (χ0n) is 38.7. The summed E-state index contributed by atoms with van der Waals surface area (Å²) in [5.74, 6) is -4.78. The summed E-state index contributed by atoms with van der Waals surface area (Å²) < 4.78 is 56.2. The minimum absolute atomic E-state index is 0.0630. The van der Waals surface area contributed by atoms with E-state index in [1.165, 1.54) is 6.08 Å². The van der Waals surface area contributed by atoms with E-state index in [0.29, 0.717) is 25.7 Å². The highest BCUT2D eigenvalue weighted by Crippen LogP contribution is 2.28. The first-order chi connectivity index (χ1) is 29.9. The molecule has 0 unspecified atom stereocenters. The van der Waals surface area contributed by atoms with Gasteiger partial charge in [0.15, 0.2) is 16.6 Å². The van der Waals surface area contributed by atoms with Gasteiger partial charge >= 0.3 is 50.3 Å². The predicted molar refractivity (Wildman–Crippen MR) is 246 cm³/mol. The minimum Gasteiger partial charge on any atom is -0.465 e. The lowest BCUT2D eigenvalue weighted by molar-refractivity contribution is -0.167. The van der Waals surface area contributed by atoms with Crippen LogP contribution in [0.5, 0.6) is 0 Å². The molecule has 0 saturated heterocycles. The number of hydrogen-bond acceptors (Lipinski definition) is 17. The fraction of sp³-hybridized carbons (Fsp3) is 0.568. The summed E-state index contributed by atoms with van der Waals surface area (Å²) in [5, 5.41) is 0. The Morgan fingerprint density at radius 3 is 0.984 bits per heavy atom. The monoisotopic (exact) mass is 954 g/mol. The van der Waals surface area contributed by atoms with E-state index >= 15 is 0 Å². The van der Waals surface area contributed by atoms with Crippen LogP contribution in [0.15, 0.2) is 75.9 Å². The second-order valence-electron chi connectivity index (χ2n) is 16.7. The maximum Gasteiger partial charge on any atom is 0.330 e. The lowest BCUT2D eigenvalue weighted by Crippen LogP contribution is -2.52. The van der Waals surface area contributed by atoms with Gasteiger partial charge in [-0.05, 0) is 64.2 Å². The summed E-state index contributed by atoms with van der Waals surface area (Å²) in [5.41, 5.74) is -2.60. The molecule has 0 heterocycles. The van der Waals surface area contributed by atoms with Gasteiger partial charge in [0.2, 0.25) is 0 Å². The molecule has 0 radical (unpaired) electrons. The average Bonchev–Trinajstić information content (AvgIpc) is 3.24. The highest BCUT2D eigenvalue weighted by molar-refractivity contribution is 6.87. The number of rotatable bonds is 37. The van der Waals surface area contributed by atoms with Crippen LogP contribution in [0.25, 0.3) is 0 Å². The van der Waals surface area contributed by atoms with Gasteiger partial charge in [0.1, 0.15) is 51.7 Å². The number of esters is 7. The molecule has 20 heteroatoms. The van der Waals surface area contributed by atoms with Gasteiger partial charge in [0.05, 0.1) is 18.6 Å². The standard InChI is InChI=1S/C44H70O17Si3/c1-13-25-52-28-43(29-53-36(45)14-2,30-54-37(46)15-3)31-58-41(50)23-19-21-26-62(7,8)60-64(11,12)61-63(9,10)27-22-20-24-42(51)59-35-44(32-55-38(47)16-4,33-56-39(48)17-5)34-57-40(49)18-6/h13-18H,1-6,19-35H2,7-12H3. The van der Waals surface area contributed by atoms with Crippen molar-refractivity contribution in [2.75, 3.05) is 59.5 Å². The smallest absolute Gasteiger partial charge is 0.330 e. The quantitative estimate of drug-likeness (QED) is 0.0165. The van der Waals surface area contributed by atoms with Crippen LogP contribution in [0.3, 0.4) is 0 Å². The maximum atomic E-state index is 12.9. The minimum atomic E-state index is -2.60. The first kappa shape index (κ1) is 59.3. The Bertz CT molecular complexity index is 1540. The third-order valence-corrected chi connectivity index (χ3v) is 20.5. The number of carbonyl (C=O) groups excluding carboxylic acids is 7. The molecule has 0 atom stereocenters. The SMILES string of the molecule is C=CCOCC(COC(=O)C=C)(COC(=O)C=C)COC(=O)CCCC[Si](C)(C)O[Si](C)(C)O[Si](C)(C)CCCCC(=O)OCC(COC(=O)C=C)(COC(=O)C=C)COC(=O)C=C. The first-order valence-electron chi connectivity index (χ1n) is 20.8. The van der Waals surface area contributed by atoms with E-state index in [1.54, 1.807) is 0 Å². The topological polar surface area (TPSA) is 212 Å². The molecule has 0 aliphatic heterocycles. The van der Waals surface area contributed by atoms with E-state index in [1.807, 2.05) is 13.1 Å². The van der Waals surface area contributed by atoms with Crippen LogP contribution < -0.4 is 0 Å². The van der Waals surface area contributed by atoms with Crippen molar-refractivity contribution in [1.29, 1.82) is 0 Å². The van der Waals surface area contributed by atoms with Crippen molar-refractivity contribution in [3.05, 3.63) is 75.9 Å². The van der Waals surface area contributed by atoms with E-state index in [4.69, 9.17) is 46.1 Å². The van der Waals surface area contributed by atoms with Gasteiger partial charge in [-0.2, -0.15) is 0 Å². The van der Waals surface area contributed by atoms with Crippen molar-refractivity contribution in [2.24, 2.45) is 10.8 Å². The lowest BCUT2D eigenvalue weighted by Gasteiger charge is -2.38. The fourth-order valence-electron chi connectivity index (χ4n) is 5.98. The molecule has 0 aromatic rings. The Kier molecular flexibility index (Phi) is 28.2. The predicted octanol–water partition coefficient (Wildman–Crippen LogP) is 6.38. The van der Waals surface area contributed by atoms with Crippen LogP contribution >= 0.6 is 0 Å². The molecule has 0 aromatic carbocycles. The molecule has 0 aromatic heterocycles. The number of carbonyl (C=O) groups is 7. The largest absolute Gasteiger partial charge is 0.465 e. The fourth-order valence-corrected chi connectivity index (χ4v) is 20.2. The Hall–Kier alpha value is -4.74. The molecule has 17 nitrogen and oxygen atoms in total. The van der Waals surface area contributed by atoms with Crippen LogP contribution in [0, 0.1) is 10.8 Å². The first-order valence-corrected chi connectivity index (χ1v) is 29.9. The van der Waals surface area contributed by atoms with Gasteiger partial charge < -0.3 is 46.1 Å². The normalized spacial score (nSPS) is 11.8. The summed E-state index contributed by atoms with van der Waals surface area (Å²) in [6.45, 7) is 30.6. The average molecular weight is 955 g/mol. The molecule has 0 amide bonds. The molecule has 0 N–H and O–H groups in total. The second kappa shape index (κ2) is 30.4. The molecule has 360 valence electrons. The van der Waals surface area contributed by atoms with E-state index in [0.717, 1.165) is 42.5 Å². The summed E-state index contributed by atoms with van der Waals surface area (Å²) in [4.78, 5) is 85.0. The maximum absolute atomic E-state index is 12.9. The van der Waals surface area contributed by atoms with Crippen molar-refractivity contribution >= 4 is 67.0 Å². The molecule has 0 aliphatic carbocycles. The summed E-state index contributed by atoms with van der Waals surface area (Å²) in [6, 6.07) is 1.51. The molecule has 64 heavy (non-hydrogen) atoms. The van der Waals surface area contributed by atoms with Gasteiger partial charge in [0.25, 0.3) is 0 Å². The Morgan fingerprint density at radius 1 is 0.422 bits per heavy atom. The van der Waals surface area contributed by atoms with E-state index in [2.05, 4.69) is 65.7 Å².